The number of benzene rings is 2. The van der Waals surface area contributed by atoms with Gasteiger partial charge in [0.15, 0.2) is 0 Å². The van der Waals surface area contributed by atoms with Crippen LogP contribution >= 0.6 is 0 Å². The SMILES string of the molecule is O=C(C[Se]c1ccc(F)cc1)CN1C(=O)c2ccccc2C1=O. The van der Waals surface area contributed by atoms with E-state index in [1.54, 1.807) is 36.4 Å². The molecule has 0 saturated carbocycles. The van der Waals surface area contributed by atoms with Gasteiger partial charge in [0.2, 0.25) is 0 Å². The number of rotatable bonds is 5. The number of halogens is 1. The van der Waals surface area contributed by atoms with Crippen LogP contribution in [0, 0.1) is 5.82 Å². The zero-order valence-corrected chi connectivity index (χ0v) is 13.7. The Hall–Kier alpha value is -2.30. The van der Waals surface area contributed by atoms with Crippen LogP contribution in [0.5, 0.6) is 0 Å². The van der Waals surface area contributed by atoms with Gasteiger partial charge in [-0.05, 0) is 0 Å². The summed E-state index contributed by atoms with van der Waals surface area (Å²) in [5.41, 5.74) is 0.684. The molecule has 0 saturated heterocycles. The third-order valence-corrected chi connectivity index (χ3v) is 5.67. The maximum absolute atomic E-state index is 12.8. The Balaban J connectivity index is 1.62. The van der Waals surface area contributed by atoms with Gasteiger partial charge < -0.3 is 0 Å². The van der Waals surface area contributed by atoms with E-state index in [1.807, 2.05) is 0 Å². The predicted octanol–water partition coefficient (Wildman–Crippen LogP) is 1.44. The number of carbonyl (C=O) groups excluding carboxylic acids is 3. The molecule has 0 aromatic heterocycles. The Morgan fingerprint density at radius 3 is 2.09 bits per heavy atom. The molecule has 0 spiro atoms. The van der Waals surface area contributed by atoms with Crippen molar-refractivity contribution in [1.29, 1.82) is 0 Å². The average Bonchev–Trinajstić information content (AvgIpc) is 2.80. The van der Waals surface area contributed by atoms with E-state index in [1.165, 1.54) is 12.1 Å². The van der Waals surface area contributed by atoms with Crippen LogP contribution in [0.3, 0.4) is 0 Å². The molecule has 116 valence electrons. The van der Waals surface area contributed by atoms with Gasteiger partial charge in [-0.1, -0.05) is 0 Å². The number of hydrogen-bond acceptors (Lipinski definition) is 3. The van der Waals surface area contributed by atoms with Gasteiger partial charge in [0.25, 0.3) is 0 Å². The molecule has 2 amide bonds. The van der Waals surface area contributed by atoms with Crippen molar-refractivity contribution in [2.24, 2.45) is 0 Å². The molecule has 0 aliphatic carbocycles. The van der Waals surface area contributed by atoms with E-state index in [2.05, 4.69) is 0 Å². The molecule has 0 atom stereocenters. The Labute approximate surface area is 138 Å². The quantitative estimate of drug-likeness (QED) is 0.586. The summed E-state index contributed by atoms with van der Waals surface area (Å²) in [6, 6.07) is 12.5. The number of nitrogens with zero attached hydrogens (tertiary/aromatic N) is 1. The monoisotopic (exact) mass is 377 g/mol. The molecule has 6 heteroatoms. The maximum atomic E-state index is 12.8. The number of carbonyl (C=O) groups is 3. The van der Waals surface area contributed by atoms with Gasteiger partial charge in [0, 0.05) is 0 Å². The Morgan fingerprint density at radius 2 is 1.52 bits per heavy atom. The molecule has 0 fully saturated rings. The minimum atomic E-state index is -0.423. The van der Waals surface area contributed by atoms with Crippen LogP contribution < -0.4 is 4.46 Å². The number of amides is 2. The molecule has 1 aliphatic rings. The molecule has 23 heavy (non-hydrogen) atoms. The molecule has 4 nitrogen and oxygen atoms in total. The van der Waals surface area contributed by atoms with Crippen LogP contribution in [0.4, 0.5) is 4.39 Å². The average molecular weight is 376 g/mol. The van der Waals surface area contributed by atoms with Crippen molar-refractivity contribution >= 4 is 37.0 Å². The Morgan fingerprint density at radius 1 is 0.957 bits per heavy atom. The van der Waals surface area contributed by atoms with E-state index in [-0.39, 0.29) is 38.4 Å². The second kappa shape index (κ2) is 6.44. The minimum absolute atomic E-state index is 0.149. The van der Waals surface area contributed by atoms with E-state index in [4.69, 9.17) is 0 Å². The third-order valence-electron chi connectivity index (χ3n) is 3.43. The standard InChI is InChI=1S/C17H12FNO3Se/c18-11-5-7-13(8-6-11)23-10-12(20)9-19-16(21)14-3-1-2-4-15(14)17(19)22/h1-8H,9-10H2. The first-order valence-corrected chi connectivity index (χ1v) is 8.98. The molecule has 3 rings (SSSR count). The molecule has 2 aromatic carbocycles. The van der Waals surface area contributed by atoms with Crippen molar-refractivity contribution < 1.29 is 18.8 Å². The first-order chi connectivity index (χ1) is 11.1. The van der Waals surface area contributed by atoms with Crippen molar-refractivity contribution in [1.82, 2.24) is 4.90 Å². The number of Topliss-reactive ketones (excluding diaryl/α,β-unsaturated/α-hetero) is 1. The molecule has 0 N–H and O–H groups in total. The van der Waals surface area contributed by atoms with Crippen LogP contribution in [-0.4, -0.2) is 44.0 Å². The van der Waals surface area contributed by atoms with E-state index in [0.717, 1.165) is 9.36 Å². The molecule has 0 radical (unpaired) electrons. The van der Waals surface area contributed by atoms with Crippen molar-refractivity contribution in [2.75, 3.05) is 6.54 Å². The Kier molecular flexibility index (Phi) is 4.37. The summed E-state index contributed by atoms with van der Waals surface area (Å²) in [6.07, 6.45) is 0. The second-order valence-electron chi connectivity index (χ2n) is 5.02. The van der Waals surface area contributed by atoms with Gasteiger partial charge >= 0.3 is 138 Å². The van der Waals surface area contributed by atoms with Crippen LogP contribution in [-0.2, 0) is 4.79 Å². The zero-order valence-electron chi connectivity index (χ0n) is 12.0. The molecule has 0 unspecified atom stereocenters. The van der Waals surface area contributed by atoms with E-state index < -0.39 is 11.8 Å². The van der Waals surface area contributed by atoms with E-state index >= 15 is 0 Å². The summed E-state index contributed by atoms with van der Waals surface area (Å²) in [5.74, 6) is -1.34. The van der Waals surface area contributed by atoms with Crippen molar-refractivity contribution in [3.63, 3.8) is 0 Å². The molecular formula is C17H12FNO3Se. The topological polar surface area (TPSA) is 54.5 Å². The summed E-state index contributed by atoms with van der Waals surface area (Å²) >= 11 is -0.149. The molecule has 1 heterocycles. The molecule has 0 bridgehead atoms. The van der Waals surface area contributed by atoms with Crippen LogP contribution in [0.25, 0.3) is 0 Å². The fourth-order valence-electron chi connectivity index (χ4n) is 2.30. The summed E-state index contributed by atoms with van der Waals surface area (Å²) in [4.78, 5) is 37.4. The van der Waals surface area contributed by atoms with Gasteiger partial charge in [-0.3, -0.25) is 0 Å². The number of ketones is 1. The van der Waals surface area contributed by atoms with Crippen LogP contribution in [0.2, 0.25) is 5.32 Å². The fraction of sp³-hybridized carbons (Fsp3) is 0.118. The number of fused-ring (bicyclic) bond motifs is 1. The van der Waals surface area contributed by atoms with Crippen LogP contribution in [0.15, 0.2) is 48.5 Å². The summed E-state index contributed by atoms with van der Waals surface area (Å²) < 4.78 is 13.7. The number of imide groups is 1. The molecule has 1 aliphatic heterocycles. The summed E-state index contributed by atoms with van der Waals surface area (Å²) in [7, 11) is 0. The van der Waals surface area contributed by atoms with Gasteiger partial charge in [-0.2, -0.15) is 0 Å². The van der Waals surface area contributed by atoms with Crippen molar-refractivity contribution in [3.8, 4) is 0 Å². The second-order valence-corrected chi connectivity index (χ2v) is 7.22. The molecular weight excluding hydrogens is 364 g/mol. The zero-order chi connectivity index (χ0) is 16.4. The first kappa shape index (κ1) is 15.6. The van der Waals surface area contributed by atoms with Gasteiger partial charge in [0.05, 0.1) is 0 Å². The number of hydrogen-bond donors (Lipinski definition) is 0. The van der Waals surface area contributed by atoms with Crippen LogP contribution in [0.1, 0.15) is 20.7 Å². The first-order valence-electron chi connectivity index (χ1n) is 6.91. The van der Waals surface area contributed by atoms with Gasteiger partial charge in [-0.15, -0.1) is 0 Å². The Bertz CT molecular complexity index is 754. The predicted molar refractivity (Wildman–Crippen MR) is 83.4 cm³/mol. The fourth-order valence-corrected chi connectivity index (χ4v) is 3.87. The van der Waals surface area contributed by atoms with E-state index in [9.17, 15) is 18.8 Å². The summed E-state index contributed by atoms with van der Waals surface area (Å²) in [6.45, 7) is -0.213. The normalized spacial score (nSPS) is 13.3. The summed E-state index contributed by atoms with van der Waals surface area (Å²) in [5, 5.41) is 0.256. The van der Waals surface area contributed by atoms with Crippen molar-refractivity contribution in [2.45, 2.75) is 5.32 Å². The third kappa shape index (κ3) is 3.23. The van der Waals surface area contributed by atoms with Crippen molar-refractivity contribution in [3.05, 3.63) is 65.5 Å². The molecule has 2 aromatic rings. The van der Waals surface area contributed by atoms with E-state index in [0.29, 0.717) is 11.1 Å². The van der Waals surface area contributed by atoms with Gasteiger partial charge in [-0.25, -0.2) is 0 Å². The van der Waals surface area contributed by atoms with Gasteiger partial charge in [0.1, 0.15) is 0 Å².